The third-order valence-corrected chi connectivity index (χ3v) is 8.06. The van der Waals surface area contributed by atoms with Crippen LogP contribution in [0.4, 0.5) is 5.69 Å². The highest BCUT2D eigenvalue weighted by atomic mass is 32.2. The second kappa shape index (κ2) is 9.01. The molecule has 4 rings (SSSR count). The Bertz CT molecular complexity index is 841. The first-order valence-electron chi connectivity index (χ1n) is 9.57. The van der Waals surface area contributed by atoms with E-state index in [2.05, 4.69) is 16.4 Å². The van der Waals surface area contributed by atoms with Crippen LogP contribution in [-0.4, -0.2) is 39.7 Å². The summed E-state index contributed by atoms with van der Waals surface area (Å²) < 4.78 is 0.399. The third-order valence-electron chi connectivity index (χ3n) is 5.04. The molecule has 3 heterocycles. The highest BCUT2D eigenvalue weighted by molar-refractivity contribution is 8.16. The van der Waals surface area contributed by atoms with Crippen LogP contribution in [0.25, 0.3) is 0 Å². The largest absolute Gasteiger partial charge is 0.327 e. The van der Waals surface area contributed by atoms with Gasteiger partial charge in [0.1, 0.15) is 0 Å². The summed E-state index contributed by atoms with van der Waals surface area (Å²) in [4.78, 5) is 31.2. The Hall–Kier alpha value is -1.99. The number of nitrogens with one attached hydrogen (secondary N) is 1. The molecule has 2 amide bonds. The molecule has 0 radical (unpaired) electrons. The van der Waals surface area contributed by atoms with E-state index in [-0.39, 0.29) is 6.04 Å². The fourth-order valence-electron chi connectivity index (χ4n) is 3.70. The van der Waals surface area contributed by atoms with Gasteiger partial charge in [-0.3, -0.25) is 14.6 Å². The molecule has 1 N–H and O–H groups in total. The van der Waals surface area contributed by atoms with Gasteiger partial charge in [-0.15, -0.1) is 23.5 Å². The Kier molecular flexibility index (Phi) is 6.22. The van der Waals surface area contributed by atoms with E-state index in [9.17, 15) is 9.59 Å². The van der Waals surface area contributed by atoms with Gasteiger partial charge >= 0.3 is 11.8 Å². The summed E-state index contributed by atoms with van der Waals surface area (Å²) in [6.45, 7) is 0.606. The zero-order chi connectivity index (χ0) is 19.3. The molecule has 2 fully saturated rings. The van der Waals surface area contributed by atoms with Crippen LogP contribution < -0.4 is 5.32 Å². The summed E-state index contributed by atoms with van der Waals surface area (Å²) in [5.41, 5.74) is 2.90. The predicted molar refractivity (Wildman–Crippen MR) is 115 cm³/mol. The number of hydrogen-bond acceptors (Lipinski definition) is 5. The van der Waals surface area contributed by atoms with E-state index in [1.54, 1.807) is 17.3 Å². The SMILES string of the molecule is O=C(Nc1cccc(C2SCCCS2)c1)C(=O)N1CCC[C@@H]1c1ccncc1. The molecular weight excluding hydrogens is 390 g/mol. The van der Waals surface area contributed by atoms with Gasteiger partial charge in [0, 0.05) is 24.6 Å². The molecule has 2 saturated heterocycles. The molecule has 5 nitrogen and oxygen atoms in total. The molecule has 0 bridgehead atoms. The van der Waals surface area contributed by atoms with Crippen molar-refractivity contribution in [1.29, 1.82) is 0 Å². The normalized spacial score (nSPS) is 20.1. The third kappa shape index (κ3) is 4.36. The monoisotopic (exact) mass is 413 g/mol. The molecule has 0 aliphatic carbocycles. The first-order valence-corrected chi connectivity index (χ1v) is 11.7. The van der Waals surface area contributed by atoms with Crippen LogP contribution in [0.15, 0.2) is 48.8 Å². The minimum Gasteiger partial charge on any atom is -0.327 e. The fourth-order valence-corrected chi connectivity index (χ4v) is 6.57. The fraction of sp³-hybridized carbons (Fsp3) is 0.381. The number of carbonyl (C=O) groups excluding carboxylic acids is 2. The molecule has 2 aromatic rings. The van der Waals surface area contributed by atoms with Crippen LogP contribution in [0.2, 0.25) is 0 Å². The lowest BCUT2D eigenvalue weighted by Gasteiger charge is -2.24. The molecule has 146 valence electrons. The van der Waals surface area contributed by atoms with E-state index < -0.39 is 11.8 Å². The van der Waals surface area contributed by atoms with Crippen molar-refractivity contribution in [2.24, 2.45) is 0 Å². The minimum atomic E-state index is -0.568. The van der Waals surface area contributed by atoms with Gasteiger partial charge in [0.2, 0.25) is 0 Å². The Morgan fingerprint density at radius 3 is 2.61 bits per heavy atom. The summed E-state index contributed by atoms with van der Waals surface area (Å²) in [7, 11) is 0. The van der Waals surface area contributed by atoms with Crippen LogP contribution in [-0.2, 0) is 9.59 Å². The molecule has 1 aromatic carbocycles. The number of amides is 2. The first kappa shape index (κ1) is 19.3. The highest BCUT2D eigenvalue weighted by Gasteiger charge is 2.33. The number of benzene rings is 1. The second-order valence-corrected chi connectivity index (χ2v) is 9.67. The van der Waals surface area contributed by atoms with E-state index in [0.717, 1.165) is 29.9 Å². The quantitative estimate of drug-likeness (QED) is 0.762. The van der Waals surface area contributed by atoms with Crippen molar-refractivity contribution < 1.29 is 9.59 Å². The van der Waals surface area contributed by atoms with Crippen molar-refractivity contribution in [3.63, 3.8) is 0 Å². The molecule has 2 aliphatic heterocycles. The highest BCUT2D eigenvalue weighted by Crippen LogP contribution is 2.44. The maximum Gasteiger partial charge on any atom is 0.313 e. The van der Waals surface area contributed by atoms with Crippen LogP contribution in [0, 0.1) is 0 Å². The number of pyridine rings is 1. The Labute approximate surface area is 173 Å². The zero-order valence-corrected chi connectivity index (χ0v) is 17.2. The number of nitrogens with zero attached hydrogens (tertiary/aromatic N) is 2. The van der Waals surface area contributed by atoms with Crippen molar-refractivity contribution >= 4 is 41.0 Å². The van der Waals surface area contributed by atoms with Gasteiger partial charge in [0.15, 0.2) is 0 Å². The summed E-state index contributed by atoms with van der Waals surface area (Å²) in [6, 6.07) is 11.6. The molecule has 0 saturated carbocycles. The number of anilines is 1. The van der Waals surface area contributed by atoms with E-state index >= 15 is 0 Å². The van der Waals surface area contributed by atoms with Crippen LogP contribution in [0.5, 0.6) is 0 Å². The zero-order valence-electron chi connectivity index (χ0n) is 15.5. The van der Waals surface area contributed by atoms with E-state index in [1.807, 2.05) is 53.9 Å². The molecule has 7 heteroatoms. The van der Waals surface area contributed by atoms with Gasteiger partial charge in [-0.05, 0) is 66.2 Å². The predicted octanol–water partition coefficient (Wildman–Crippen LogP) is 4.25. The van der Waals surface area contributed by atoms with Crippen molar-refractivity contribution in [2.75, 3.05) is 23.4 Å². The van der Waals surface area contributed by atoms with Crippen LogP contribution >= 0.6 is 23.5 Å². The number of likely N-dealkylation sites (tertiary alicyclic amines) is 1. The Morgan fingerprint density at radius 1 is 1.04 bits per heavy atom. The minimum absolute atomic E-state index is 0.0531. The molecule has 2 aliphatic rings. The van der Waals surface area contributed by atoms with Crippen LogP contribution in [0.1, 0.15) is 41.0 Å². The lowest BCUT2D eigenvalue weighted by atomic mass is 10.1. The maximum absolute atomic E-state index is 12.8. The van der Waals surface area contributed by atoms with Gasteiger partial charge in [0.05, 0.1) is 10.6 Å². The number of rotatable bonds is 3. The van der Waals surface area contributed by atoms with E-state index in [4.69, 9.17) is 0 Å². The summed E-state index contributed by atoms with van der Waals surface area (Å²) in [5, 5.41) is 2.81. The summed E-state index contributed by atoms with van der Waals surface area (Å²) >= 11 is 3.88. The smallest absolute Gasteiger partial charge is 0.313 e. The molecule has 1 atom stereocenters. The lowest BCUT2D eigenvalue weighted by Crippen LogP contribution is -2.39. The molecule has 28 heavy (non-hydrogen) atoms. The average molecular weight is 414 g/mol. The number of thioether (sulfide) groups is 2. The van der Waals surface area contributed by atoms with Crippen molar-refractivity contribution in [2.45, 2.75) is 29.9 Å². The molecular formula is C21H23N3O2S2. The van der Waals surface area contributed by atoms with Crippen LogP contribution in [0.3, 0.4) is 0 Å². The van der Waals surface area contributed by atoms with E-state index in [0.29, 0.717) is 16.8 Å². The van der Waals surface area contributed by atoms with Crippen molar-refractivity contribution in [1.82, 2.24) is 9.88 Å². The van der Waals surface area contributed by atoms with Gasteiger partial charge in [-0.25, -0.2) is 0 Å². The average Bonchev–Trinajstić information content (AvgIpc) is 3.24. The molecule has 0 unspecified atom stereocenters. The topological polar surface area (TPSA) is 62.3 Å². The maximum atomic E-state index is 12.8. The van der Waals surface area contributed by atoms with Gasteiger partial charge in [-0.1, -0.05) is 12.1 Å². The number of carbonyl (C=O) groups is 2. The first-order chi connectivity index (χ1) is 13.7. The number of hydrogen-bond donors (Lipinski definition) is 1. The van der Waals surface area contributed by atoms with Crippen molar-refractivity contribution in [3.8, 4) is 0 Å². The standard InChI is InChI=1S/C21H23N3O2S2/c25-19(20(26)24-11-2-6-18(24)15-7-9-22-10-8-15)23-17-5-1-4-16(14-17)21-27-12-3-13-28-21/h1,4-5,7-10,14,18,21H,2-3,6,11-13H2,(H,23,25)/t18-/m1/s1. The molecule has 1 aromatic heterocycles. The number of aromatic nitrogens is 1. The summed E-state index contributed by atoms with van der Waals surface area (Å²) in [6.07, 6.45) is 6.46. The van der Waals surface area contributed by atoms with Crippen molar-refractivity contribution in [3.05, 3.63) is 59.9 Å². The van der Waals surface area contributed by atoms with E-state index in [1.165, 1.54) is 12.0 Å². The molecule has 0 spiro atoms. The Morgan fingerprint density at radius 2 is 1.82 bits per heavy atom. The lowest BCUT2D eigenvalue weighted by molar-refractivity contribution is -0.143. The van der Waals surface area contributed by atoms with Gasteiger partial charge in [0.25, 0.3) is 0 Å². The summed E-state index contributed by atoms with van der Waals surface area (Å²) in [5.74, 6) is 1.30. The van der Waals surface area contributed by atoms with Gasteiger partial charge in [-0.2, -0.15) is 0 Å². The second-order valence-electron chi connectivity index (χ2n) is 6.94. The van der Waals surface area contributed by atoms with Gasteiger partial charge < -0.3 is 10.2 Å². The Balaban J connectivity index is 1.44.